The zero-order valence-electron chi connectivity index (χ0n) is 17.7. The maximum Gasteiger partial charge on any atom is 0.191 e. The molecule has 2 fully saturated rings. The van der Waals surface area contributed by atoms with E-state index in [4.69, 9.17) is 26.1 Å². The van der Waals surface area contributed by atoms with Crippen LogP contribution in [0, 0.1) is 5.92 Å². The summed E-state index contributed by atoms with van der Waals surface area (Å²) in [6.07, 6.45) is 3.44. The number of para-hydroxylation sites is 1. The van der Waals surface area contributed by atoms with Crippen LogP contribution in [0.15, 0.2) is 29.3 Å². The Kier molecular flexibility index (Phi) is 8.90. The minimum atomic E-state index is -0.0548. The van der Waals surface area contributed by atoms with Crippen LogP contribution in [-0.4, -0.2) is 68.9 Å². The Bertz CT molecular complexity index is 643. The molecule has 6 nitrogen and oxygen atoms in total. The van der Waals surface area contributed by atoms with Crippen molar-refractivity contribution >= 4 is 17.6 Å². The van der Waals surface area contributed by atoms with Crippen molar-refractivity contribution < 1.29 is 9.47 Å². The van der Waals surface area contributed by atoms with Gasteiger partial charge in [0.25, 0.3) is 0 Å². The lowest BCUT2D eigenvalue weighted by molar-refractivity contribution is 0.150. The third-order valence-corrected chi connectivity index (χ3v) is 5.80. The van der Waals surface area contributed by atoms with Crippen LogP contribution in [0.4, 0.5) is 0 Å². The van der Waals surface area contributed by atoms with Gasteiger partial charge in [0, 0.05) is 38.8 Å². The zero-order chi connectivity index (χ0) is 20.5. The summed E-state index contributed by atoms with van der Waals surface area (Å²) in [5.74, 6) is 2.29. The summed E-state index contributed by atoms with van der Waals surface area (Å²) in [5, 5.41) is 7.59. The lowest BCUT2D eigenvalue weighted by Gasteiger charge is -2.34. The Hall–Kier alpha value is -1.50. The van der Waals surface area contributed by atoms with Gasteiger partial charge in [-0.2, -0.15) is 0 Å². The van der Waals surface area contributed by atoms with E-state index in [2.05, 4.69) is 22.5 Å². The van der Waals surface area contributed by atoms with E-state index in [-0.39, 0.29) is 6.10 Å². The number of hydrogen-bond donors (Lipinski definition) is 2. The molecule has 2 heterocycles. The van der Waals surface area contributed by atoms with Crippen molar-refractivity contribution in [1.82, 2.24) is 15.5 Å². The summed E-state index contributed by atoms with van der Waals surface area (Å²) in [7, 11) is 0. The van der Waals surface area contributed by atoms with Crippen molar-refractivity contribution in [2.75, 3.05) is 45.9 Å². The highest BCUT2D eigenvalue weighted by atomic mass is 35.5. The summed E-state index contributed by atoms with van der Waals surface area (Å²) in [5.41, 5.74) is 0. The van der Waals surface area contributed by atoms with Gasteiger partial charge in [-0.3, -0.25) is 0 Å². The van der Waals surface area contributed by atoms with E-state index in [1.807, 2.05) is 31.2 Å². The van der Waals surface area contributed by atoms with E-state index in [0.29, 0.717) is 23.4 Å². The molecule has 0 bridgehead atoms. The Morgan fingerprint density at radius 3 is 2.79 bits per heavy atom. The molecule has 3 rings (SSSR count). The van der Waals surface area contributed by atoms with Crippen LogP contribution in [0.25, 0.3) is 0 Å². The molecular formula is C22H35ClN4O2. The molecule has 2 aliphatic heterocycles. The number of rotatable bonds is 8. The van der Waals surface area contributed by atoms with Gasteiger partial charge in [-0.25, -0.2) is 4.99 Å². The van der Waals surface area contributed by atoms with Crippen molar-refractivity contribution in [3.8, 4) is 5.75 Å². The number of nitrogens with zero attached hydrogens (tertiary/aromatic N) is 2. The van der Waals surface area contributed by atoms with Crippen LogP contribution in [-0.2, 0) is 4.74 Å². The third-order valence-electron chi connectivity index (χ3n) is 5.48. The summed E-state index contributed by atoms with van der Waals surface area (Å²) >= 11 is 6.18. The Balaban J connectivity index is 1.43. The smallest absolute Gasteiger partial charge is 0.191 e. The average molecular weight is 423 g/mol. The van der Waals surface area contributed by atoms with Gasteiger partial charge in [0.1, 0.15) is 11.9 Å². The van der Waals surface area contributed by atoms with Gasteiger partial charge in [0.2, 0.25) is 0 Å². The van der Waals surface area contributed by atoms with Gasteiger partial charge in [-0.1, -0.05) is 23.7 Å². The van der Waals surface area contributed by atoms with E-state index in [1.54, 1.807) is 0 Å². The fourth-order valence-electron chi connectivity index (χ4n) is 3.88. The normalized spacial score (nSPS) is 22.4. The molecule has 0 aliphatic carbocycles. The highest BCUT2D eigenvalue weighted by Gasteiger charge is 2.24. The van der Waals surface area contributed by atoms with E-state index >= 15 is 0 Å². The molecule has 0 spiro atoms. The van der Waals surface area contributed by atoms with Crippen LogP contribution in [0.1, 0.15) is 33.1 Å². The average Bonchev–Trinajstić information content (AvgIpc) is 3.23. The molecule has 0 radical (unpaired) electrons. The summed E-state index contributed by atoms with van der Waals surface area (Å²) in [6.45, 7) is 10.8. The topological polar surface area (TPSA) is 58.1 Å². The van der Waals surface area contributed by atoms with Crippen LogP contribution < -0.4 is 15.4 Å². The number of nitrogens with one attached hydrogen (secondary N) is 2. The lowest BCUT2D eigenvalue weighted by Crippen LogP contribution is -2.49. The molecule has 1 aromatic carbocycles. The molecule has 1 aromatic rings. The van der Waals surface area contributed by atoms with Crippen LogP contribution in [0.3, 0.4) is 0 Å². The first-order valence-corrected chi connectivity index (χ1v) is 11.3. The molecule has 0 aromatic heterocycles. The third kappa shape index (κ3) is 7.36. The fraction of sp³-hybridized carbons (Fsp3) is 0.682. The lowest BCUT2D eigenvalue weighted by atomic mass is 10.0. The molecule has 29 heavy (non-hydrogen) atoms. The van der Waals surface area contributed by atoms with Gasteiger partial charge >= 0.3 is 0 Å². The molecule has 7 heteroatoms. The summed E-state index contributed by atoms with van der Waals surface area (Å²) in [4.78, 5) is 7.32. The molecule has 2 saturated heterocycles. The number of benzene rings is 1. The predicted molar refractivity (Wildman–Crippen MR) is 119 cm³/mol. The van der Waals surface area contributed by atoms with E-state index in [9.17, 15) is 0 Å². The maximum atomic E-state index is 6.18. The van der Waals surface area contributed by atoms with Crippen molar-refractivity contribution in [3.05, 3.63) is 29.3 Å². The first kappa shape index (κ1) is 22.2. The van der Waals surface area contributed by atoms with Crippen molar-refractivity contribution in [2.24, 2.45) is 10.9 Å². The fourth-order valence-corrected chi connectivity index (χ4v) is 4.06. The largest absolute Gasteiger partial charge is 0.487 e. The number of hydrogen-bond acceptors (Lipinski definition) is 4. The molecular weight excluding hydrogens is 388 g/mol. The number of likely N-dealkylation sites (tertiary alicyclic amines) is 1. The molecule has 0 amide bonds. The maximum absolute atomic E-state index is 6.18. The van der Waals surface area contributed by atoms with Crippen LogP contribution >= 0.6 is 11.6 Å². The highest BCUT2D eigenvalue weighted by Crippen LogP contribution is 2.24. The Labute approximate surface area is 180 Å². The predicted octanol–water partition coefficient (Wildman–Crippen LogP) is 3.16. The second kappa shape index (κ2) is 11.6. The SMILES string of the molecule is CCNC(=NCC(C)Oc1ccccc1Cl)NC1CCN(CC2CCOC2)CC1. The molecule has 2 N–H and O–H groups in total. The molecule has 0 saturated carbocycles. The molecule has 2 unspecified atom stereocenters. The highest BCUT2D eigenvalue weighted by molar-refractivity contribution is 6.32. The van der Waals surface area contributed by atoms with Crippen LogP contribution in [0.5, 0.6) is 5.75 Å². The van der Waals surface area contributed by atoms with E-state index in [0.717, 1.165) is 57.6 Å². The summed E-state index contributed by atoms with van der Waals surface area (Å²) in [6, 6.07) is 8.01. The second-order valence-corrected chi connectivity index (χ2v) is 8.43. The number of guanidine groups is 1. The minimum absolute atomic E-state index is 0.0548. The van der Waals surface area contributed by atoms with E-state index < -0.39 is 0 Å². The van der Waals surface area contributed by atoms with Crippen molar-refractivity contribution in [1.29, 1.82) is 0 Å². The van der Waals surface area contributed by atoms with E-state index in [1.165, 1.54) is 13.0 Å². The quantitative estimate of drug-likeness (QED) is 0.497. The van der Waals surface area contributed by atoms with Gasteiger partial charge in [-0.15, -0.1) is 0 Å². The molecule has 2 aliphatic rings. The second-order valence-electron chi connectivity index (χ2n) is 8.03. The minimum Gasteiger partial charge on any atom is -0.487 e. The number of piperidine rings is 1. The van der Waals surface area contributed by atoms with Crippen molar-refractivity contribution in [2.45, 2.75) is 45.3 Å². The van der Waals surface area contributed by atoms with Gasteiger partial charge in [0.15, 0.2) is 5.96 Å². The molecule has 162 valence electrons. The molecule has 2 atom stereocenters. The van der Waals surface area contributed by atoms with Gasteiger partial charge in [-0.05, 0) is 51.2 Å². The first-order valence-electron chi connectivity index (χ1n) is 10.9. The number of ether oxygens (including phenoxy) is 2. The monoisotopic (exact) mass is 422 g/mol. The van der Waals surface area contributed by atoms with Crippen molar-refractivity contribution in [3.63, 3.8) is 0 Å². The first-order chi connectivity index (χ1) is 14.1. The van der Waals surface area contributed by atoms with Crippen LogP contribution in [0.2, 0.25) is 5.02 Å². The number of aliphatic imine (C=N–C) groups is 1. The van der Waals surface area contributed by atoms with Gasteiger partial charge < -0.3 is 25.0 Å². The Morgan fingerprint density at radius 2 is 2.10 bits per heavy atom. The summed E-state index contributed by atoms with van der Waals surface area (Å²) < 4.78 is 11.4. The Morgan fingerprint density at radius 1 is 1.31 bits per heavy atom. The van der Waals surface area contributed by atoms with Gasteiger partial charge in [0.05, 0.1) is 18.2 Å². The number of halogens is 1. The standard InChI is InChI=1S/C22H35ClN4O2/c1-3-24-22(25-14-17(2)29-21-7-5-4-6-20(21)23)26-19-8-11-27(12-9-19)15-18-10-13-28-16-18/h4-7,17-19H,3,8-16H2,1-2H3,(H2,24,25,26). The zero-order valence-corrected chi connectivity index (χ0v) is 18.5.